The van der Waals surface area contributed by atoms with Gasteiger partial charge in [-0.05, 0) is 73.6 Å². The summed E-state index contributed by atoms with van der Waals surface area (Å²) in [7, 11) is -0.659. The van der Waals surface area contributed by atoms with Gasteiger partial charge in [0.2, 0.25) is 0 Å². The molecule has 36 heavy (non-hydrogen) atoms. The van der Waals surface area contributed by atoms with Gasteiger partial charge in [0.05, 0.1) is 5.56 Å². The molecule has 1 saturated carbocycles. The van der Waals surface area contributed by atoms with E-state index in [9.17, 15) is 22.4 Å². The van der Waals surface area contributed by atoms with Gasteiger partial charge in [0, 0.05) is 11.7 Å². The number of rotatable bonds is 7. The Morgan fingerprint density at radius 1 is 0.972 bits per heavy atom. The Kier molecular flexibility index (Phi) is 8.30. The number of hydrogen-bond donors (Lipinski definition) is 2. The normalized spacial score (nSPS) is 18.7. The largest absolute Gasteiger partial charge is 0.416 e. The highest BCUT2D eigenvalue weighted by Crippen LogP contribution is 2.51. The van der Waals surface area contributed by atoms with E-state index in [0.717, 1.165) is 31.4 Å². The Morgan fingerprint density at radius 2 is 1.58 bits per heavy atom. The zero-order chi connectivity index (χ0) is 25.7. The molecule has 3 aromatic rings. The second-order valence-corrected chi connectivity index (χ2v) is 11.6. The number of carbonyl (C=O) groups excluding carboxylic acids is 1. The lowest BCUT2D eigenvalue weighted by atomic mass is 9.99. The molecule has 8 heteroatoms. The van der Waals surface area contributed by atoms with Crippen LogP contribution in [-0.2, 0) is 12.9 Å². The van der Waals surface area contributed by atoms with Crippen LogP contribution in [0.5, 0.6) is 0 Å². The molecule has 4 rings (SSSR count). The second kappa shape index (κ2) is 11.4. The summed E-state index contributed by atoms with van der Waals surface area (Å²) < 4.78 is 52.7. The number of urea groups is 1. The lowest BCUT2D eigenvalue weighted by Crippen LogP contribution is -2.43. The first-order valence-corrected chi connectivity index (χ1v) is 13.4. The van der Waals surface area contributed by atoms with Crippen LogP contribution in [0.3, 0.4) is 0 Å². The van der Waals surface area contributed by atoms with Crippen molar-refractivity contribution in [3.63, 3.8) is 0 Å². The van der Waals surface area contributed by atoms with Gasteiger partial charge in [-0.2, -0.15) is 13.2 Å². The van der Waals surface area contributed by atoms with Gasteiger partial charge >= 0.3 is 12.2 Å². The van der Waals surface area contributed by atoms with Crippen LogP contribution in [0.2, 0.25) is 0 Å². The van der Waals surface area contributed by atoms with E-state index >= 15 is 0 Å². The molecule has 2 amide bonds. The molecular formula is C28H29F4N2OP. The van der Waals surface area contributed by atoms with Crippen molar-refractivity contribution in [2.45, 2.75) is 50.7 Å². The van der Waals surface area contributed by atoms with Crippen molar-refractivity contribution in [3.8, 4) is 0 Å². The number of anilines is 1. The van der Waals surface area contributed by atoms with Crippen LogP contribution in [0.4, 0.5) is 28.0 Å². The van der Waals surface area contributed by atoms with Gasteiger partial charge < -0.3 is 10.6 Å². The maximum atomic E-state index is 13.2. The topological polar surface area (TPSA) is 41.1 Å². The lowest BCUT2D eigenvalue weighted by molar-refractivity contribution is -0.137. The average Bonchev–Trinajstić information content (AvgIpc) is 3.34. The summed E-state index contributed by atoms with van der Waals surface area (Å²) in [5.41, 5.74) is -0.860. The van der Waals surface area contributed by atoms with Crippen molar-refractivity contribution < 1.29 is 22.4 Å². The maximum absolute atomic E-state index is 13.2. The maximum Gasteiger partial charge on any atom is 0.416 e. The molecule has 3 nitrogen and oxygen atoms in total. The molecule has 0 spiro atoms. The molecular weight excluding hydrogens is 487 g/mol. The van der Waals surface area contributed by atoms with Crippen molar-refractivity contribution in [1.29, 1.82) is 0 Å². The molecule has 0 heterocycles. The summed E-state index contributed by atoms with van der Waals surface area (Å²) >= 11 is 0. The molecule has 0 radical (unpaired) electrons. The molecule has 1 aliphatic rings. The summed E-state index contributed by atoms with van der Waals surface area (Å²) in [4.78, 5) is 12.8. The first-order chi connectivity index (χ1) is 17.3. The van der Waals surface area contributed by atoms with Gasteiger partial charge in [-0.1, -0.05) is 67.1 Å². The van der Waals surface area contributed by atoms with E-state index in [1.165, 1.54) is 16.7 Å². The minimum Gasteiger partial charge on any atom is -0.335 e. The van der Waals surface area contributed by atoms with Gasteiger partial charge in [0.15, 0.2) is 0 Å². The fourth-order valence-corrected chi connectivity index (χ4v) is 8.35. The number of carbonyl (C=O) groups is 1. The quantitative estimate of drug-likeness (QED) is 0.258. The smallest absolute Gasteiger partial charge is 0.335 e. The molecule has 0 bridgehead atoms. The minimum atomic E-state index is -4.63. The summed E-state index contributed by atoms with van der Waals surface area (Å²) in [6, 6.07) is 22.9. The molecule has 0 aliphatic heterocycles. The number of amides is 2. The van der Waals surface area contributed by atoms with Crippen molar-refractivity contribution in [2.75, 3.05) is 5.32 Å². The molecule has 2 unspecified atom stereocenters. The van der Waals surface area contributed by atoms with E-state index in [2.05, 4.69) is 34.9 Å². The van der Waals surface area contributed by atoms with E-state index < -0.39 is 32.4 Å². The van der Waals surface area contributed by atoms with E-state index in [-0.39, 0.29) is 23.2 Å². The Labute approximate surface area is 210 Å². The number of halogens is 4. The first-order valence-electron chi connectivity index (χ1n) is 12.0. The van der Waals surface area contributed by atoms with Crippen molar-refractivity contribution >= 4 is 30.2 Å². The van der Waals surface area contributed by atoms with E-state index in [0.29, 0.717) is 5.66 Å². The number of benzene rings is 3. The van der Waals surface area contributed by atoms with Crippen LogP contribution < -0.4 is 21.2 Å². The van der Waals surface area contributed by atoms with Gasteiger partial charge in [-0.15, -0.1) is 0 Å². The van der Waals surface area contributed by atoms with E-state index in [1.54, 1.807) is 0 Å². The highest BCUT2D eigenvalue weighted by atomic mass is 31.1. The second-order valence-electron chi connectivity index (χ2n) is 9.14. The Bertz CT molecular complexity index is 1120. The summed E-state index contributed by atoms with van der Waals surface area (Å²) in [5.74, 6) is 0.213. The highest BCUT2D eigenvalue weighted by Gasteiger charge is 2.38. The third-order valence-corrected chi connectivity index (χ3v) is 9.68. The SMILES string of the molecule is C[C@@H](NC(=O)Nc1cc(CF)cc(C(F)(F)F)c1)C1CCCC1P(c1ccccc1)c1ccccc1. The van der Waals surface area contributed by atoms with Crippen molar-refractivity contribution in [2.24, 2.45) is 5.92 Å². The molecule has 1 aliphatic carbocycles. The van der Waals surface area contributed by atoms with Crippen LogP contribution in [0, 0.1) is 5.92 Å². The molecule has 3 aromatic carbocycles. The number of nitrogens with one attached hydrogen (secondary N) is 2. The lowest BCUT2D eigenvalue weighted by Gasteiger charge is -2.33. The first kappa shape index (κ1) is 26.2. The Balaban J connectivity index is 1.51. The fourth-order valence-electron chi connectivity index (χ4n) is 5.07. The molecule has 3 atom stereocenters. The monoisotopic (exact) mass is 516 g/mol. The van der Waals surface area contributed by atoms with Crippen molar-refractivity contribution in [3.05, 3.63) is 90.0 Å². The third-order valence-electron chi connectivity index (χ3n) is 6.67. The zero-order valence-corrected chi connectivity index (χ0v) is 20.8. The zero-order valence-electron chi connectivity index (χ0n) is 19.9. The third kappa shape index (κ3) is 6.25. The minimum absolute atomic E-state index is 0.0824. The predicted molar refractivity (Wildman–Crippen MR) is 138 cm³/mol. The Morgan fingerprint density at radius 3 is 2.14 bits per heavy atom. The van der Waals surface area contributed by atoms with E-state index in [1.807, 2.05) is 43.3 Å². The highest BCUT2D eigenvalue weighted by molar-refractivity contribution is 7.73. The average molecular weight is 517 g/mol. The summed E-state index contributed by atoms with van der Waals surface area (Å²) in [5, 5.41) is 7.99. The number of hydrogen-bond acceptors (Lipinski definition) is 1. The van der Waals surface area contributed by atoms with Crippen LogP contribution in [0.25, 0.3) is 0 Å². The summed E-state index contributed by atoms with van der Waals surface area (Å²) in [6.45, 7) is 0.897. The van der Waals surface area contributed by atoms with Crippen LogP contribution in [-0.4, -0.2) is 17.7 Å². The molecule has 1 fully saturated rings. The van der Waals surface area contributed by atoms with Crippen molar-refractivity contribution in [1.82, 2.24) is 5.32 Å². The van der Waals surface area contributed by atoms with Gasteiger partial charge in [-0.3, -0.25) is 0 Å². The standard InChI is InChI=1S/C28H29F4N2OP/c1-19(33-27(35)34-22-16-20(18-29)15-21(17-22)28(30,31)32)25-13-8-14-26(25)36(23-9-4-2-5-10-23)24-11-6-3-7-12-24/h2-7,9-12,15-17,19,25-26H,8,13-14,18H2,1H3,(H2,33,34,35)/t19-,25?,26?/m1/s1. The van der Waals surface area contributed by atoms with Gasteiger partial charge in [0.25, 0.3) is 0 Å². The molecule has 0 aromatic heterocycles. The Hall–Kier alpha value is -2.92. The van der Waals surface area contributed by atoms with Crippen LogP contribution in [0.15, 0.2) is 78.9 Å². The predicted octanol–water partition coefficient (Wildman–Crippen LogP) is 6.99. The summed E-state index contributed by atoms with van der Waals surface area (Å²) in [6.07, 6.45) is -1.58. The van der Waals surface area contributed by atoms with Crippen LogP contribution >= 0.6 is 7.92 Å². The van der Waals surface area contributed by atoms with Gasteiger partial charge in [-0.25, -0.2) is 9.18 Å². The molecule has 0 saturated heterocycles. The number of alkyl halides is 4. The fraction of sp³-hybridized carbons (Fsp3) is 0.321. The van der Waals surface area contributed by atoms with E-state index in [4.69, 9.17) is 0 Å². The van der Waals surface area contributed by atoms with Crippen LogP contribution in [0.1, 0.15) is 37.3 Å². The molecule has 2 N–H and O–H groups in total. The molecule has 190 valence electrons. The van der Waals surface area contributed by atoms with Gasteiger partial charge in [0.1, 0.15) is 6.67 Å².